The molecule has 2 rings (SSSR count). The molecule has 0 radical (unpaired) electrons. The van der Waals surface area contributed by atoms with Crippen LogP contribution in [0, 0.1) is 11.3 Å². The Labute approximate surface area is 91.6 Å². The van der Waals surface area contributed by atoms with Gasteiger partial charge >= 0.3 is 0 Å². The van der Waals surface area contributed by atoms with Crippen molar-refractivity contribution in [2.24, 2.45) is 11.3 Å². The molecule has 0 bridgehead atoms. The van der Waals surface area contributed by atoms with Gasteiger partial charge in [0.1, 0.15) is 0 Å². The van der Waals surface area contributed by atoms with Gasteiger partial charge in [-0.15, -0.1) is 0 Å². The van der Waals surface area contributed by atoms with Crippen LogP contribution >= 0.6 is 0 Å². The summed E-state index contributed by atoms with van der Waals surface area (Å²) in [5.41, 5.74) is 0.450. The van der Waals surface area contributed by atoms with Crippen LogP contribution in [-0.4, -0.2) is 25.7 Å². The van der Waals surface area contributed by atoms with Gasteiger partial charge in [-0.05, 0) is 37.5 Å². The lowest BCUT2D eigenvalue weighted by Crippen LogP contribution is -2.38. The Morgan fingerprint density at radius 1 is 1.53 bits per heavy atom. The molecule has 3 heteroatoms. The van der Waals surface area contributed by atoms with Crippen molar-refractivity contribution in [2.45, 2.75) is 39.0 Å². The fraction of sp³-hybridized carbons (Fsp3) is 0.917. The molecule has 0 aromatic heterocycles. The average Bonchev–Trinajstić information content (AvgIpc) is 3.08. The van der Waals surface area contributed by atoms with Crippen LogP contribution in [0.4, 0.5) is 0 Å². The monoisotopic (exact) mass is 211 g/mol. The highest BCUT2D eigenvalue weighted by Gasteiger charge is 2.41. The quantitative estimate of drug-likeness (QED) is 0.769. The highest BCUT2D eigenvalue weighted by Crippen LogP contribution is 2.47. The van der Waals surface area contributed by atoms with Crippen LogP contribution < -0.4 is 5.32 Å². The van der Waals surface area contributed by atoms with Gasteiger partial charge in [0.05, 0.1) is 12.5 Å². The van der Waals surface area contributed by atoms with E-state index in [4.69, 9.17) is 4.74 Å². The van der Waals surface area contributed by atoms with E-state index in [1.54, 1.807) is 0 Å². The van der Waals surface area contributed by atoms with Crippen LogP contribution in [0.5, 0.6) is 0 Å². The van der Waals surface area contributed by atoms with E-state index in [2.05, 4.69) is 12.2 Å². The Kier molecular flexibility index (Phi) is 3.29. The summed E-state index contributed by atoms with van der Waals surface area (Å²) in [6, 6.07) is 0. The molecule has 0 aromatic carbocycles. The lowest BCUT2D eigenvalue weighted by atomic mass is 10.00. The summed E-state index contributed by atoms with van der Waals surface area (Å²) in [6.45, 7) is 4.52. The Balaban J connectivity index is 1.72. The molecule has 0 spiro atoms. The van der Waals surface area contributed by atoms with Gasteiger partial charge < -0.3 is 10.1 Å². The zero-order valence-electron chi connectivity index (χ0n) is 9.55. The molecule has 1 saturated heterocycles. The highest BCUT2D eigenvalue weighted by molar-refractivity contribution is 5.78. The first-order chi connectivity index (χ1) is 7.26. The van der Waals surface area contributed by atoms with Crippen LogP contribution in [0.1, 0.15) is 39.0 Å². The molecule has 0 unspecified atom stereocenters. The lowest BCUT2D eigenvalue weighted by Gasteiger charge is -2.22. The Hall–Kier alpha value is -0.570. The van der Waals surface area contributed by atoms with Crippen molar-refractivity contribution < 1.29 is 9.53 Å². The standard InChI is InChI=1S/C12H21NO2/c1-2-12(5-6-12)9-13-11(14)10-4-3-7-15-8-10/h10H,2-9H2,1H3,(H,13,14)/t10-/m0/s1. The molecule has 1 atom stereocenters. The van der Waals surface area contributed by atoms with Crippen molar-refractivity contribution in [2.75, 3.05) is 19.8 Å². The Morgan fingerprint density at radius 2 is 2.33 bits per heavy atom. The smallest absolute Gasteiger partial charge is 0.225 e. The number of rotatable bonds is 4. The van der Waals surface area contributed by atoms with Crippen molar-refractivity contribution in [3.63, 3.8) is 0 Å². The van der Waals surface area contributed by atoms with Gasteiger partial charge in [0, 0.05) is 13.2 Å². The van der Waals surface area contributed by atoms with Gasteiger partial charge in [0.15, 0.2) is 0 Å². The van der Waals surface area contributed by atoms with E-state index in [-0.39, 0.29) is 11.8 Å². The van der Waals surface area contributed by atoms with Gasteiger partial charge in [-0.2, -0.15) is 0 Å². The number of amides is 1. The molecule has 1 aliphatic carbocycles. The molecule has 0 aromatic rings. The van der Waals surface area contributed by atoms with Crippen molar-refractivity contribution in [3.8, 4) is 0 Å². The molecule has 1 aliphatic heterocycles. The minimum absolute atomic E-state index is 0.103. The summed E-state index contributed by atoms with van der Waals surface area (Å²) in [7, 11) is 0. The number of carbonyl (C=O) groups is 1. The summed E-state index contributed by atoms with van der Waals surface area (Å²) in [4.78, 5) is 11.8. The van der Waals surface area contributed by atoms with Crippen molar-refractivity contribution in [1.82, 2.24) is 5.32 Å². The minimum Gasteiger partial charge on any atom is -0.381 e. The van der Waals surface area contributed by atoms with E-state index in [1.807, 2.05) is 0 Å². The summed E-state index contributed by atoms with van der Waals surface area (Å²) in [6.07, 6.45) is 5.77. The normalized spacial score (nSPS) is 28.5. The second-order valence-electron chi connectivity index (χ2n) is 4.99. The molecule has 15 heavy (non-hydrogen) atoms. The summed E-state index contributed by atoms with van der Waals surface area (Å²) >= 11 is 0. The van der Waals surface area contributed by atoms with Crippen LogP contribution in [0.25, 0.3) is 0 Å². The zero-order valence-corrected chi connectivity index (χ0v) is 9.55. The second kappa shape index (κ2) is 4.52. The van der Waals surface area contributed by atoms with E-state index in [1.165, 1.54) is 19.3 Å². The SMILES string of the molecule is CCC1(CNC(=O)[C@H]2CCCOC2)CC1. The Bertz CT molecular complexity index is 230. The summed E-state index contributed by atoms with van der Waals surface area (Å²) < 4.78 is 5.32. The Morgan fingerprint density at radius 3 is 2.87 bits per heavy atom. The molecule has 1 amide bonds. The lowest BCUT2D eigenvalue weighted by molar-refractivity contribution is -0.129. The molecular formula is C12H21NO2. The number of carbonyl (C=O) groups excluding carboxylic acids is 1. The minimum atomic E-state index is 0.103. The molecule has 2 aliphatic rings. The van der Waals surface area contributed by atoms with Crippen LogP contribution in [0.2, 0.25) is 0 Å². The third-order valence-electron chi connectivity index (χ3n) is 3.88. The summed E-state index contributed by atoms with van der Waals surface area (Å²) in [5.74, 6) is 0.306. The molecule has 3 nitrogen and oxygen atoms in total. The van der Waals surface area contributed by atoms with Gasteiger partial charge in [-0.1, -0.05) is 6.92 Å². The summed E-state index contributed by atoms with van der Waals surface area (Å²) in [5, 5.41) is 3.09. The van der Waals surface area contributed by atoms with Gasteiger partial charge in [0.25, 0.3) is 0 Å². The number of ether oxygens (including phenoxy) is 1. The van der Waals surface area contributed by atoms with Crippen molar-refractivity contribution in [3.05, 3.63) is 0 Å². The molecule has 2 fully saturated rings. The van der Waals surface area contributed by atoms with E-state index in [0.29, 0.717) is 12.0 Å². The maximum atomic E-state index is 11.8. The number of hydrogen-bond donors (Lipinski definition) is 1. The first-order valence-corrected chi connectivity index (χ1v) is 6.11. The maximum absolute atomic E-state index is 11.8. The fourth-order valence-electron chi connectivity index (χ4n) is 2.20. The number of hydrogen-bond acceptors (Lipinski definition) is 2. The van der Waals surface area contributed by atoms with Crippen LogP contribution in [-0.2, 0) is 9.53 Å². The average molecular weight is 211 g/mol. The predicted octanol–water partition coefficient (Wildman–Crippen LogP) is 1.72. The fourth-order valence-corrected chi connectivity index (χ4v) is 2.20. The predicted molar refractivity (Wildman–Crippen MR) is 58.5 cm³/mol. The van der Waals surface area contributed by atoms with E-state index in [9.17, 15) is 4.79 Å². The molecule has 1 N–H and O–H groups in total. The molecule has 1 heterocycles. The first kappa shape index (κ1) is 10.9. The third-order valence-corrected chi connectivity index (χ3v) is 3.88. The van der Waals surface area contributed by atoms with Gasteiger partial charge in [-0.3, -0.25) is 4.79 Å². The third kappa shape index (κ3) is 2.71. The van der Waals surface area contributed by atoms with Crippen molar-refractivity contribution in [1.29, 1.82) is 0 Å². The second-order valence-corrected chi connectivity index (χ2v) is 4.99. The van der Waals surface area contributed by atoms with Crippen LogP contribution in [0.15, 0.2) is 0 Å². The van der Waals surface area contributed by atoms with E-state index in [0.717, 1.165) is 26.0 Å². The maximum Gasteiger partial charge on any atom is 0.225 e. The van der Waals surface area contributed by atoms with Crippen LogP contribution in [0.3, 0.4) is 0 Å². The highest BCUT2D eigenvalue weighted by atomic mass is 16.5. The number of nitrogens with one attached hydrogen (secondary N) is 1. The molecule has 86 valence electrons. The van der Waals surface area contributed by atoms with Gasteiger partial charge in [0.2, 0.25) is 5.91 Å². The topological polar surface area (TPSA) is 38.3 Å². The zero-order chi connectivity index (χ0) is 10.7. The molecular weight excluding hydrogens is 190 g/mol. The molecule has 1 saturated carbocycles. The van der Waals surface area contributed by atoms with E-state index < -0.39 is 0 Å². The van der Waals surface area contributed by atoms with Gasteiger partial charge in [-0.25, -0.2) is 0 Å². The largest absolute Gasteiger partial charge is 0.381 e. The van der Waals surface area contributed by atoms with Crippen molar-refractivity contribution >= 4 is 5.91 Å². The first-order valence-electron chi connectivity index (χ1n) is 6.11. The van der Waals surface area contributed by atoms with E-state index >= 15 is 0 Å².